The number of Topliss-reactive ketones (excluding diaryl/α,β-unsaturated/α-hetero) is 1. The van der Waals surface area contributed by atoms with Crippen molar-refractivity contribution in [2.75, 3.05) is 11.5 Å². The minimum Gasteiger partial charge on any atom is -0.507 e. The first-order chi connectivity index (χ1) is 16.7. The summed E-state index contributed by atoms with van der Waals surface area (Å²) >= 11 is 0. The first-order valence-electron chi connectivity index (χ1n) is 11.7. The third kappa shape index (κ3) is 4.83. The number of benzene rings is 2. The summed E-state index contributed by atoms with van der Waals surface area (Å²) in [5.74, 6) is -0.574. The highest BCUT2D eigenvalue weighted by Gasteiger charge is 2.47. The maximum atomic E-state index is 13.3. The van der Waals surface area contributed by atoms with Gasteiger partial charge in [-0.1, -0.05) is 26.0 Å². The summed E-state index contributed by atoms with van der Waals surface area (Å²) in [7, 11) is 0. The molecule has 3 aromatic rings. The van der Waals surface area contributed by atoms with Crippen LogP contribution in [0.4, 0.5) is 5.69 Å². The fraction of sp³-hybridized carbons (Fsp3) is 0.276. The molecule has 1 amide bonds. The third-order valence-electron chi connectivity index (χ3n) is 5.92. The van der Waals surface area contributed by atoms with Gasteiger partial charge < -0.3 is 9.84 Å². The van der Waals surface area contributed by atoms with Gasteiger partial charge in [-0.05, 0) is 85.8 Å². The monoisotopic (exact) mass is 470 g/mol. The standard InChI is InChI=1S/C29H30N2O4/c1-17(2)16-35-24-10-9-21(15-20(24)5)27(32)25-26(23-8-6-7-11-30-23)31(29(34)28(25)33)22-13-18(3)12-19(4)14-22/h6-15,17,26,32H,16H2,1-5H3/b27-25-. The Bertz CT molecular complexity index is 1290. The molecule has 4 rings (SSSR count). The van der Waals surface area contributed by atoms with Gasteiger partial charge >= 0.3 is 0 Å². The second-order valence-corrected chi connectivity index (χ2v) is 9.45. The fourth-order valence-electron chi connectivity index (χ4n) is 4.38. The predicted molar refractivity (Wildman–Crippen MR) is 136 cm³/mol. The smallest absolute Gasteiger partial charge is 0.300 e. The number of aryl methyl sites for hydroxylation is 3. The molecule has 2 heterocycles. The molecule has 6 heteroatoms. The summed E-state index contributed by atoms with van der Waals surface area (Å²) in [6, 6.07) is 15.5. The summed E-state index contributed by atoms with van der Waals surface area (Å²) in [6.07, 6.45) is 1.61. The molecule has 1 fully saturated rings. The van der Waals surface area contributed by atoms with Crippen molar-refractivity contribution in [3.05, 3.63) is 94.3 Å². The molecule has 180 valence electrons. The van der Waals surface area contributed by atoms with Crippen molar-refractivity contribution in [3.63, 3.8) is 0 Å². The van der Waals surface area contributed by atoms with Gasteiger partial charge in [0, 0.05) is 17.4 Å². The second-order valence-electron chi connectivity index (χ2n) is 9.45. The lowest BCUT2D eigenvalue weighted by Gasteiger charge is -2.25. The number of amides is 1. The molecule has 1 aromatic heterocycles. The minimum absolute atomic E-state index is 0.0168. The van der Waals surface area contributed by atoms with Gasteiger partial charge in [0.25, 0.3) is 11.7 Å². The Morgan fingerprint density at radius 1 is 1.03 bits per heavy atom. The summed E-state index contributed by atoms with van der Waals surface area (Å²) in [5.41, 5.74) is 4.31. The van der Waals surface area contributed by atoms with E-state index in [0.29, 0.717) is 35.2 Å². The van der Waals surface area contributed by atoms with E-state index in [1.54, 1.807) is 42.6 Å². The molecular formula is C29H30N2O4. The normalized spacial score (nSPS) is 17.3. The van der Waals surface area contributed by atoms with Crippen LogP contribution in [0.2, 0.25) is 0 Å². The molecule has 0 radical (unpaired) electrons. The van der Waals surface area contributed by atoms with Crippen molar-refractivity contribution < 1.29 is 19.4 Å². The minimum atomic E-state index is -0.852. The number of aliphatic hydroxyl groups is 1. The number of hydrogen-bond acceptors (Lipinski definition) is 5. The SMILES string of the molecule is Cc1cc(C)cc(N2C(=O)C(=O)/C(=C(\O)c3ccc(OCC(C)C)c(C)c3)C2c2ccccn2)c1. The van der Waals surface area contributed by atoms with Gasteiger partial charge in [-0.3, -0.25) is 19.5 Å². The number of carbonyl (C=O) groups is 2. The van der Waals surface area contributed by atoms with Crippen LogP contribution in [-0.2, 0) is 9.59 Å². The van der Waals surface area contributed by atoms with Crippen molar-refractivity contribution >= 4 is 23.1 Å². The lowest BCUT2D eigenvalue weighted by Crippen LogP contribution is -2.30. The number of aliphatic hydroxyl groups excluding tert-OH is 1. The Kier molecular flexibility index (Phi) is 6.74. The lowest BCUT2D eigenvalue weighted by atomic mass is 9.97. The van der Waals surface area contributed by atoms with Crippen molar-refractivity contribution in [2.24, 2.45) is 5.92 Å². The van der Waals surface area contributed by atoms with Gasteiger partial charge in [-0.15, -0.1) is 0 Å². The van der Waals surface area contributed by atoms with Crippen LogP contribution in [0.25, 0.3) is 5.76 Å². The third-order valence-corrected chi connectivity index (χ3v) is 5.92. The molecule has 0 spiro atoms. The van der Waals surface area contributed by atoms with E-state index in [1.807, 2.05) is 39.0 Å². The summed E-state index contributed by atoms with van der Waals surface area (Å²) in [5, 5.41) is 11.4. The van der Waals surface area contributed by atoms with Crippen LogP contribution in [0, 0.1) is 26.7 Å². The Balaban J connectivity index is 1.85. The largest absolute Gasteiger partial charge is 0.507 e. The van der Waals surface area contributed by atoms with Crippen LogP contribution >= 0.6 is 0 Å². The first-order valence-corrected chi connectivity index (χ1v) is 11.7. The van der Waals surface area contributed by atoms with Gasteiger partial charge in [0.1, 0.15) is 17.6 Å². The first kappa shape index (κ1) is 24.2. The van der Waals surface area contributed by atoms with E-state index in [0.717, 1.165) is 16.7 Å². The molecule has 1 unspecified atom stereocenters. The van der Waals surface area contributed by atoms with E-state index in [1.165, 1.54) is 4.90 Å². The molecule has 1 aliphatic heterocycles. The number of pyridine rings is 1. The molecule has 1 atom stereocenters. The maximum absolute atomic E-state index is 13.3. The number of ether oxygens (including phenoxy) is 1. The van der Waals surface area contributed by atoms with Gasteiger partial charge in [0.15, 0.2) is 0 Å². The van der Waals surface area contributed by atoms with Gasteiger partial charge in [0.2, 0.25) is 0 Å². The zero-order valence-electron chi connectivity index (χ0n) is 20.7. The van der Waals surface area contributed by atoms with Crippen LogP contribution in [-0.4, -0.2) is 28.4 Å². The molecular weight excluding hydrogens is 440 g/mol. The highest BCUT2D eigenvalue weighted by atomic mass is 16.5. The Morgan fingerprint density at radius 2 is 1.74 bits per heavy atom. The van der Waals surface area contributed by atoms with Crippen LogP contribution in [0.5, 0.6) is 5.75 Å². The van der Waals surface area contributed by atoms with Gasteiger partial charge in [-0.2, -0.15) is 0 Å². The fourth-order valence-corrected chi connectivity index (χ4v) is 4.38. The van der Waals surface area contributed by atoms with Gasteiger partial charge in [0.05, 0.1) is 17.9 Å². The average molecular weight is 471 g/mol. The Hall–Kier alpha value is -3.93. The van der Waals surface area contributed by atoms with Crippen molar-refractivity contribution in [2.45, 2.75) is 40.7 Å². The van der Waals surface area contributed by atoms with E-state index >= 15 is 0 Å². The topological polar surface area (TPSA) is 79.7 Å². The number of aromatic nitrogens is 1. The van der Waals surface area contributed by atoms with Crippen molar-refractivity contribution in [1.29, 1.82) is 0 Å². The maximum Gasteiger partial charge on any atom is 0.300 e. The number of hydrogen-bond donors (Lipinski definition) is 1. The molecule has 1 N–H and O–H groups in total. The zero-order chi connectivity index (χ0) is 25.3. The van der Waals surface area contributed by atoms with Crippen LogP contribution in [0.3, 0.4) is 0 Å². The predicted octanol–water partition coefficient (Wildman–Crippen LogP) is 5.67. The average Bonchev–Trinajstić information content (AvgIpc) is 3.08. The summed E-state index contributed by atoms with van der Waals surface area (Å²) in [4.78, 5) is 32.5. The van der Waals surface area contributed by atoms with E-state index in [4.69, 9.17) is 4.74 Å². The van der Waals surface area contributed by atoms with E-state index in [-0.39, 0.29) is 11.3 Å². The lowest BCUT2D eigenvalue weighted by molar-refractivity contribution is -0.132. The highest BCUT2D eigenvalue weighted by molar-refractivity contribution is 6.51. The summed E-state index contributed by atoms with van der Waals surface area (Å²) < 4.78 is 5.85. The number of carbonyl (C=O) groups excluding carboxylic acids is 2. The quantitative estimate of drug-likeness (QED) is 0.285. The van der Waals surface area contributed by atoms with Crippen LogP contribution < -0.4 is 9.64 Å². The van der Waals surface area contributed by atoms with Crippen LogP contribution in [0.1, 0.15) is 47.8 Å². The van der Waals surface area contributed by atoms with E-state index < -0.39 is 17.7 Å². The molecule has 35 heavy (non-hydrogen) atoms. The van der Waals surface area contributed by atoms with E-state index in [9.17, 15) is 14.7 Å². The molecule has 0 saturated carbocycles. The van der Waals surface area contributed by atoms with Crippen LogP contribution in [0.15, 0.2) is 66.4 Å². The van der Waals surface area contributed by atoms with E-state index in [2.05, 4.69) is 18.8 Å². The molecule has 0 bridgehead atoms. The number of anilines is 1. The van der Waals surface area contributed by atoms with Crippen molar-refractivity contribution in [3.8, 4) is 5.75 Å². The molecule has 2 aromatic carbocycles. The Labute approximate surface area is 205 Å². The van der Waals surface area contributed by atoms with Crippen molar-refractivity contribution in [1.82, 2.24) is 4.98 Å². The van der Waals surface area contributed by atoms with Gasteiger partial charge in [-0.25, -0.2) is 0 Å². The number of ketones is 1. The summed E-state index contributed by atoms with van der Waals surface area (Å²) in [6.45, 7) is 10.5. The zero-order valence-corrected chi connectivity index (χ0v) is 20.7. The molecule has 6 nitrogen and oxygen atoms in total. The second kappa shape index (κ2) is 9.74. The molecule has 0 aliphatic carbocycles. The Morgan fingerprint density at radius 3 is 2.34 bits per heavy atom. The molecule has 1 saturated heterocycles. The highest BCUT2D eigenvalue weighted by Crippen LogP contribution is 2.42. The molecule has 1 aliphatic rings. The number of nitrogens with zero attached hydrogens (tertiary/aromatic N) is 2. The number of rotatable bonds is 6.